The molecular formula is C26H42O9. The molecule has 1 rings (SSSR count). The van der Waals surface area contributed by atoms with Crippen LogP contribution >= 0.6 is 0 Å². The van der Waals surface area contributed by atoms with Gasteiger partial charge in [0, 0.05) is 5.57 Å². The number of rotatable bonds is 25. The first-order valence-corrected chi connectivity index (χ1v) is 12.1. The van der Waals surface area contributed by atoms with Crippen molar-refractivity contribution in [2.24, 2.45) is 0 Å². The molecule has 0 aliphatic carbocycles. The molecule has 200 valence electrons. The zero-order valence-electron chi connectivity index (χ0n) is 21.1. The van der Waals surface area contributed by atoms with E-state index in [-0.39, 0.29) is 6.61 Å². The van der Waals surface area contributed by atoms with Crippen molar-refractivity contribution in [3.8, 4) is 0 Å². The van der Waals surface area contributed by atoms with Crippen molar-refractivity contribution in [2.45, 2.75) is 13.3 Å². The third-order valence-electron chi connectivity index (χ3n) is 4.42. The molecule has 0 heterocycles. The van der Waals surface area contributed by atoms with Gasteiger partial charge in [-0.05, 0) is 18.9 Å². The van der Waals surface area contributed by atoms with Crippen molar-refractivity contribution < 1.29 is 42.7 Å². The van der Waals surface area contributed by atoms with Crippen LogP contribution < -0.4 is 0 Å². The van der Waals surface area contributed by atoms with Gasteiger partial charge in [0.05, 0.1) is 92.5 Å². The predicted octanol–water partition coefficient (Wildman–Crippen LogP) is 2.46. The standard InChI is InChI=1S/C26H42O9/c1-24(2)26(27)35-23-22-34-21-20-33-19-18-32-17-16-31-15-14-30-13-12-29-11-10-28-9-8-25-6-4-3-5-7-25/h3-7H,1,8-23H2,2H3. The average molecular weight is 499 g/mol. The predicted molar refractivity (Wildman–Crippen MR) is 132 cm³/mol. The first kappa shape index (κ1) is 31.2. The lowest BCUT2D eigenvalue weighted by Crippen LogP contribution is -2.15. The van der Waals surface area contributed by atoms with Crippen LogP contribution in [0.4, 0.5) is 0 Å². The van der Waals surface area contributed by atoms with Crippen LogP contribution in [0.5, 0.6) is 0 Å². The van der Waals surface area contributed by atoms with Crippen molar-refractivity contribution in [1.82, 2.24) is 0 Å². The lowest BCUT2D eigenvalue weighted by molar-refractivity contribution is -0.140. The summed E-state index contributed by atoms with van der Waals surface area (Å²) >= 11 is 0. The number of ether oxygens (including phenoxy) is 8. The van der Waals surface area contributed by atoms with Gasteiger partial charge < -0.3 is 37.9 Å². The van der Waals surface area contributed by atoms with Crippen molar-refractivity contribution in [1.29, 1.82) is 0 Å². The summed E-state index contributed by atoms with van der Waals surface area (Å²) in [4.78, 5) is 11.2. The largest absolute Gasteiger partial charge is 0.460 e. The van der Waals surface area contributed by atoms with E-state index in [2.05, 4.69) is 18.7 Å². The van der Waals surface area contributed by atoms with E-state index in [1.165, 1.54) is 5.56 Å². The molecule has 0 saturated carbocycles. The maximum Gasteiger partial charge on any atom is 0.333 e. The van der Waals surface area contributed by atoms with Gasteiger partial charge in [-0.1, -0.05) is 36.9 Å². The molecule has 0 atom stereocenters. The number of hydrogen-bond acceptors (Lipinski definition) is 9. The molecule has 1 aromatic rings. The van der Waals surface area contributed by atoms with Crippen LogP contribution in [-0.4, -0.2) is 105 Å². The summed E-state index contributed by atoms with van der Waals surface area (Å²) in [6.45, 7) is 12.5. The van der Waals surface area contributed by atoms with Crippen LogP contribution in [0.2, 0.25) is 0 Å². The van der Waals surface area contributed by atoms with Gasteiger partial charge in [0.1, 0.15) is 6.61 Å². The van der Waals surface area contributed by atoms with Gasteiger partial charge in [-0.3, -0.25) is 0 Å². The number of esters is 1. The molecule has 0 aliphatic heterocycles. The summed E-state index contributed by atoms with van der Waals surface area (Å²) in [5.41, 5.74) is 1.65. The van der Waals surface area contributed by atoms with E-state index >= 15 is 0 Å². The fourth-order valence-corrected chi connectivity index (χ4v) is 2.57. The minimum absolute atomic E-state index is 0.207. The van der Waals surface area contributed by atoms with Crippen LogP contribution in [0.25, 0.3) is 0 Å². The minimum Gasteiger partial charge on any atom is -0.460 e. The minimum atomic E-state index is -0.407. The third-order valence-corrected chi connectivity index (χ3v) is 4.42. The Morgan fingerprint density at radius 2 is 0.914 bits per heavy atom. The summed E-state index contributed by atoms with van der Waals surface area (Å²) in [6, 6.07) is 10.3. The van der Waals surface area contributed by atoms with Gasteiger partial charge >= 0.3 is 5.97 Å². The fourth-order valence-electron chi connectivity index (χ4n) is 2.57. The van der Waals surface area contributed by atoms with Gasteiger partial charge in [-0.15, -0.1) is 0 Å². The van der Waals surface area contributed by atoms with Gasteiger partial charge in [0.15, 0.2) is 0 Å². The van der Waals surface area contributed by atoms with Crippen molar-refractivity contribution in [3.05, 3.63) is 48.0 Å². The smallest absolute Gasteiger partial charge is 0.333 e. The number of hydrogen-bond donors (Lipinski definition) is 0. The number of carbonyl (C=O) groups excluding carboxylic acids is 1. The molecule has 0 aliphatic rings. The Morgan fingerprint density at radius 1 is 0.571 bits per heavy atom. The lowest BCUT2D eigenvalue weighted by Gasteiger charge is -2.08. The van der Waals surface area contributed by atoms with E-state index in [1.54, 1.807) is 6.92 Å². The normalized spacial score (nSPS) is 11.0. The van der Waals surface area contributed by atoms with Gasteiger partial charge in [0.25, 0.3) is 0 Å². The van der Waals surface area contributed by atoms with Gasteiger partial charge in [0.2, 0.25) is 0 Å². The Morgan fingerprint density at radius 3 is 1.29 bits per heavy atom. The van der Waals surface area contributed by atoms with Crippen molar-refractivity contribution >= 4 is 5.97 Å². The highest BCUT2D eigenvalue weighted by atomic mass is 16.6. The third kappa shape index (κ3) is 21.2. The van der Waals surface area contributed by atoms with E-state index < -0.39 is 5.97 Å². The summed E-state index contributed by atoms with van der Waals surface area (Å²) in [7, 11) is 0. The number of benzene rings is 1. The summed E-state index contributed by atoms with van der Waals surface area (Å²) in [6.07, 6.45) is 0.914. The molecule has 9 nitrogen and oxygen atoms in total. The highest BCUT2D eigenvalue weighted by Crippen LogP contribution is 1.99. The Bertz CT molecular complexity index is 625. The van der Waals surface area contributed by atoms with E-state index in [0.29, 0.717) is 98.1 Å². The first-order chi connectivity index (χ1) is 17.2. The summed E-state index contributed by atoms with van der Waals surface area (Å²) < 4.78 is 42.9. The van der Waals surface area contributed by atoms with Crippen LogP contribution in [0.3, 0.4) is 0 Å². The molecule has 0 radical (unpaired) electrons. The van der Waals surface area contributed by atoms with E-state index in [4.69, 9.17) is 37.9 Å². The second kappa shape index (κ2) is 23.9. The maximum atomic E-state index is 11.2. The second-order valence-electron chi connectivity index (χ2n) is 7.44. The topological polar surface area (TPSA) is 90.9 Å². The van der Waals surface area contributed by atoms with Crippen molar-refractivity contribution in [2.75, 3.05) is 99.1 Å². The molecule has 0 fully saturated rings. The van der Waals surface area contributed by atoms with Crippen LogP contribution in [0.1, 0.15) is 12.5 Å². The average Bonchev–Trinajstić information content (AvgIpc) is 2.87. The molecular weight excluding hydrogens is 456 g/mol. The lowest BCUT2D eigenvalue weighted by atomic mass is 10.2. The Balaban J connectivity index is 1.66. The highest BCUT2D eigenvalue weighted by molar-refractivity contribution is 5.86. The van der Waals surface area contributed by atoms with Crippen LogP contribution in [0, 0.1) is 0 Å². The maximum absolute atomic E-state index is 11.2. The van der Waals surface area contributed by atoms with E-state index in [1.807, 2.05) is 18.2 Å². The molecule has 0 aromatic heterocycles. The first-order valence-electron chi connectivity index (χ1n) is 12.1. The molecule has 9 heteroatoms. The fraction of sp³-hybridized carbons (Fsp3) is 0.654. The summed E-state index contributed by atoms with van der Waals surface area (Å²) in [5, 5.41) is 0. The van der Waals surface area contributed by atoms with Crippen LogP contribution in [-0.2, 0) is 49.1 Å². The molecule has 0 amide bonds. The molecule has 0 unspecified atom stereocenters. The van der Waals surface area contributed by atoms with Gasteiger partial charge in [-0.25, -0.2) is 4.79 Å². The number of carbonyl (C=O) groups is 1. The summed E-state index contributed by atoms with van der Waals surface area (Å²) in [5.74, 6) is -0.407. The van der Waals surface area contributed by atoms with E-state index in [9.17, 15) is 4.79 Å². The molecule has 35 heavy (non-hydrogen) atoms. The molecule has 0 saturated heterocycles. The Kier molecular flexibility index (Phi) is 21.3. The second-order valence-corrected chi connectivity index (χ2v) is 7.44. The molecule has 0 N–H and O–H groups in total. The highest BCUT2D eigenvalue weighted by Gasteiger charge is 2.01. The quantitative estimate of drug-likeness (QED) is 0.115. The van der Waals surface area contributed by atoms with Gasteiger partial charge in [-0.2, -0.15) is 0 Å². The Labute approximate surface area is 209 Å². The molecule has 1 aromatic carbocycles. The van der Waals surface area contributed by atoms with Crippen LogP contribution in [0.15, 0.2) is 42.5 Å². The monoisotopic (exact) mass is 498 g/mol. The zero-order valence-corrected chi connectivity index (χ0v) is 21.1. The molecule has 0 bridgehead atoms. The van der Waals surface area contributed by atoms with Crippen molar-refractivity contribution in [3.63, 3.8) is 0 Å². The SMILES string of the molecule is C=C(C)C(=O)OCCOCCOCCOCCOCCOCCOCCOCCc1ccccc1. The zero-order chi connectivity index (χ0) is 25.2. The van der Waals surface area contributed by atoms with E-state index in [0.717, 1.165) is 6.42 Å². The Hall–Kier alpha value is -1.85. The molecule has 0 spiro atoms.